The molecule has 1 atom stereocenters. The SMILES string of the molecule is O=C(CSc1ccccn1)NCc1nnc(SC[C@H]2CCCO2)n1Cc1ccccc1. The van der Waals surface area contributed by atoms with Crippen LogP contribution in [0.3, 0.4) is 0 Å². The monoisotopic (exact) mass is 455 g/mol. The van der Waals surface area contributed by atoms with Gasteiger partial charge in [0.25, 0.3) is 0 Å². The number of pyridine rings is 1. The molecule has 0 spiro atoms. The number of amides is 1. The first-order chi connectivity index (χ1) is 15.3. The molecule has 0 aliphatic carbocycles. The average Bonchev–Trinajstić information content (AvgIpc) is 3.46. The molecule has 9 heteroatoms. The second kappa shape index (κ2) is 11.3. The van der Waals surface area contributed by atoms with E-state index in [1.165, 1.54) is 17.3 Å². The van der Waals surface area contributed by atoms with Crippen LogP contribution < -0.4 is 5.32 Å². The van der Waals surface area contributed by atoms with Gasteiger partial charge in [-0.3, -0.25) is 4.79 Å². The van der Waals surface area contributed by atoms with Crippen molar-refractivity contribution in [2.24, 2.45) is 0 Å². The summed E-state index contributed by atoms with van der Waals surface area (Å²) >= 11 is 3.08. The van der Waals surface area contributed by atoms with Crippen molar-refractivity contribution >= 4 is 29.4 Å². The molecule has 1 aliphatic heterocycles. The van der Waals surface area contributed by atoms with Gasteiger partial charge in [-0.25, -0.2) is 4.98 Å². The van der Waals surface area contributed by atoms with Crippen molar-refractivity contribution in [1.29, 1.82) is 0 Å². The lowest BCUT2D eigenvalue weighted by Gasteiger charge is -2.12. The van der Waals surface area contributed by atoms with Gasteiger partial charge >= 0.3 is 0 Å². The van der Waals surface area contributed by atoms with Crippen LogP contribution in [0.25, 0.3) is 0 Å². The summed E-state index contributed by atoms with van der Waals surface area (Å²) in [5, 5.41) is 13.4. The third-order valence-corrected chi connectivity index (χ3v) is 6.87. The van der Waals surface area contributed by atoms with Crippen molar-refractivity contribution in [2.75, 3.05) is 18.1 Å². The molecule has 1 aliphatic rings. The van der Waals surface area contributed by atoms with Crippen molar-refractivity contribution in [3.05, 3.63) is 66.1 Å². The van der Waals surface area contributed by atoms with Gasteiger partial charge in [0.05, 0.1) is 30.0 Å². The zero-order valence-electron chi connectivity index (χ0n) is 17.1. The molecule has 7 nitrogen and oxygen atoms in total. The van der Waals surface area contributed by atoms with E-state index in [0.29, 0.717) is 18.8 Å². The number of hydrogen-bond donors (Lipinski definition) is 1. The van der Waals surface area contributed by atoms with Crippen LogP contribution in [-0.2, 0) is 22.6 Å². The fourth-order valence-corrected chi connectivity index (χ4v) is 4.94. The summed E-state index contributed by atoms with van der Waals surface area (Å²) in [4.78, 5) is 16.6. The number of rotatable bonds is 10. The molecule has 3 heterocycles. The third kappa shape index (κ3) is 6.56. The first kappa shape index (κ1) is 21.9. The Bertz CT molecular complexity index is 963. The maximum absolute atomic E-state index is 12.3. The Morgan fingerprint density at radius 1 is 1.13 bits per heavy atom. The standard InChI is InChI=1S/C22H25N5O2S2/c28-20(16-30-21-10-4-5-11-23-21)24-13-19-25-26-22(31-15-18-9-6-12-29-18)27(19)14-17-7-2-1-3-8-17/h1-5,7-8,10-11,18H,6,9,12-16H2,(H,24,28)/t18-/m1/s1. The largest absolute Gasteiger partial charge is 0.377 e. The number of aromatic nitrogens is 4. The molecule has 162 valence electrons. The molecule has 1 fully saturated rings. The van der Waals surface area contributed by atoms with Gasteiger partial charge in [0.1, 0.15) is 0 Å². The Balaban J connectivity index is 1.38. The highest BCUT2D eigenvalue weighted by molar-refractivity contribution is 8.00. The van der Waals surface area contributed by atoms with Crippen LogP contribution in [0.5, 0.6) is 0 Å². The highest BCUT2D eigenvalue weighted by atomic mass is 32.2. The predicted molar refractivity (Wildman–Crippen MR) is 122 cm³/mol. The number of nitrogens with zero attached hydrogens (tertiary/aromatic N) is 4. The fraction of sp³-hybridized carbons (Fsp3) is 0.364. The number of ether oxygens (including phenoxy) is 1. The van der Waals surface area contributed by atoms with E-state index < -0.39 is 0 Å². The molecular formula is C22H25N5O2S2. The van der Waals surface area contributed by atoms with E-state index >= 15 is 0 Å². The summed E-state index contributed by atoms with van der Waals surface area (Å²) in [6, 6.07) is 15.9. The molecule has 0 saturated carbocycles. The molecule has 0 radical (unpaired) electrons. The minimum absolute atomic E-state index is 0.0570. The maximum atomic E-state index is 12.3. The summed E-state index contributed by atoms with van der Waals surface area (Å²) in [5.41, 5.74) is 1.17. The van der Waals surface area contributed by atoms with Crippen LogP contribution in [0.4, 0.5) is 0 Å². The molecule has 2 aromatic heterocycles. The van der Waals surface area contributed by atoms with Crippen molar-refractivity contribution in [1.82, 2.24) is 25.1 Å². The highest BCUT2D eigenvalue weighted by Gasteiger charge is 2.19. The van der Waals surface area contributed by atoms with E-state index in [0.717, 1.165) is 41.2 Å². The van der Waals surface area contributed by atoms with Crippen molar-refractivity contribution < 1.29 is 9.53 Å². The maximum Gasteiger partial charge on any atom is 0.230 e. The average molecular weight is 456 g/mol. The lowest BCUT2D eigenvalue weighted by atomic mass is 10.2. The minimum atomic E-state index is -0.0570. The van der Waals surface area contributed by atoms with Gasteiger partial charge in [-0.15, -0.1) is 10.2 Å². The summed E-state index contributed by atoms with van der Waals surface area (Å²) in [6.45, 7) is 1.84. The topological polar surface area (TPSA) is 81.9 Å². The normalized spacial score (nSPS) is 15.8. The number of thioether (sulfide) groups is 2. The molecule has 1 N–H and O–H groups in total. The number of carbonyl (C=O) groups excluding carboxylic acids is 1. The Hall–Kier alpha value is -2.36. The molecule has 3 aromatic rings. The van der Waals surface area contributed by atoms with E-state index in [9.17, 15) is 4.79 Å². The van der Waals surface area contributed by atoms with Crippen molar-refractivity contribution in [3.63, 3.8) is 0 Å². The zero-order valence-corrected chi connectivity index (χ0v) is 18.8. The van der Waals surface area contributed by atoms with E-state index in [1.54, 1.807) is 18.0 Å². The van der Waals surface area contributed by atoms with E-state index in [4.69, 9.17) is 4.74 Å². The Kier molecular flexibility index (Phi) is 7.98. The number of nitrogens with one attached hydrogen (secondary N) is 1. The van der Waals surface area contributed by atoms with E-state index in [1.807, 2.05) is 36.4 Å². The van der Waals surface area contributed by atoms with Crippen LogP contribution in [0, 0.1) is 0 Å². The molecule has 1 amide bonds. The van der Waals surface area contributed by atoms with Crippen LogP contribution in [-0.4, -0.2) is 49.9 Å². The first-order valence-electron chi connectivity index (χ1n) is 10.3. The second-order valence-corrected chi connectivity index (χ2v) is 9.13. The van der Waals surface area contributed by atoms with Gasteiger partial charge in [0.2, 0.25) is 5.91 Å². The van der Waals surface area contributed by atoms with Crippen LogP contribution >= 0.6 is 23.5 Å². The number of carbonyl (C=O) groups is 1. The molecule has 31 heavy (non-hydrogen) atoms. The van der Waals surface area contributed by atoms with Gasteiger partial charge in [0, 0.05) is 18.6 Å². The first-order valence-corrected chi connectivity index (χ1v) is 12.3. The zero-order chi connectivity index (χ0) is 21.3. The van der Waals surface area contributed by atoms with Crippen LogP contribution in [0.2, 0.25) is 0 Å². The van der Waals surface area contributed by atoms with Gasteiger partial charge in [-0.05, 0) is 30.5 Å². The van der Waals surface area contributed by atoms with E-state index in [-0.39, 0.29) is 12.0 Å². The summed E-state index contributed by atoms with van der Waals surface area (Å²) in [6.07, 6.45) is 4.22. The van der Waals surface area contributed by atoms with Gasteiger partial charge < -0.3 is 14.6 Å². The fourth-order valence-electron chi connectivity index (χ4n) is 3.23. The van der Waals surface area contributed by atoms with Gasteiger partial charge in [0.15, 0.2) is 11.0 Å². The summed E-state index contributed by atoms with van der Waals surface area (Å²) in [7, 11) is 0. The molecule has 1 saturated heterocycles. The number of benzene rings is 1. The Morgan fingerprint density at radius 2 is 2.00 bits per heavy atom. The lowest BCUT2D eigenvalue weighted by molar-refractivity contribution is -0.118. The van der Waals surface area contributed by atoms with Crippen LogP contribution in [0.15, 0.2) is 64.9 Å². The lowest BCUT2D eigenvalue weighted by Crippen LogP contribution is -2.26. The van der Waals surface area contributed by atoms with Crippen LogP contribution in [0.1, 0.15) is 24.2 Å². The molecule has 0 bridgehead atoms. The third-order valence-electron chi connectivity index (χ3n) is 4.83. The highest BCUT2D eigenvalue weighted by Crippen LogP contribution is 2.24. The van der Waals surface area contributed by atoms with Gasteiger partial charge in [-0.1, -0.05) is 59.9 Å². The minimum Gasteiger partial charge on any atom is -0.377 e. The van der Waals surface area contributed by atoms with Crippen molar-refractivity contribution in [2.45, 2.75) is 42.2 Å². The summed E-state index contributed by atoms with van der Waals surface area (Å²) in [5.74, 6) is 1.86. The van der Waals surface area contributed by atoms with Crippen molar-refractivity contribution in [3.8, 4) is 0 Å². The number of hydrogen-bond acceptors (Lipinski definition) is 7. The molecular weight excluding hydrogens is 430 g/mol. The summed E-state index contributed by atoms with van der Waals surface area (Å²) < 4.78 is 7.82. The Labute approximate surface area is 190 Å². The molecule has 4 rings (SSSR count). The Morgan fingerprint density at radius 3 is 2.77 bits per heavy atom. The van der Waals surface area contributed by atoms with Gasteiger partial charge in [-0.2, -0.15) is 0 Å². The smallest absolute Gasteiger partial charge is 0.230 e. The molecule has 0 unspecified atom stereocenters. The predicted octanol–water partition coefficient (Wildman–Crippen LogP) is 3.40. The van der Waals surface area contributed by atoms with E-state index in [2.05, 4.69) is 37.2 Å². The quantitative estimate of drug-likeness (QED) is 0.469. The molecule has 1 aromatic carbocycles. The second-order valence-electron chi connectivity index (χ2n) is 7.15.